The molecule has 0 aliphatic rings. The Morgan fingerprint density at radius 3 is 1.73 bits per heavy atom. The lowest BCUT2D eigenvalue weighted by Gasteiger charge is -2.01. The van der Waals surface area contributed by atoms with E-state index in [9.17, 15) is 4.79 Å². The molecule has 0 bridgehead atoms. The molecular weight excluding hydrogens is 212 g/mol. The number of carbonyl (C=O) groups is 1. The smallest absolute Gasteiger partial charge is 0.293 e. The van der Waals surface area contributed by atoms with Gasteiger partial charge in [-0.2, -0.15) is 0 Å². The maximum absolute atomic E-state index is 9.83. The Morgan fingerprint density at radius 2 is 1.27 bits per heavy atom. The minimum atomic E-state index is 0.525. The van der Waals surface area contributed by atoms with Crippen LogP contribution in [0.25, 0.3) is 0 Å². The Hall–Kier alpha value is -0.240. The molecule has 0 aromatic heterocycles. The molecular formula is C12H23ClO2. The van der Waals surface area contributed by atoms with Crippen LogP contribution in [0.3, 0.4) is 0 Å². The molecule has 0 aromatic rings. The normalized spacial score (nSPS) is 10.2. The van der Waals surface area contributed by atoms with E-state index in [1.54, 1.807) is 0 Å². The number of hydrogen-bond donors (Lipinski definition) is 0. The van der Waals surface area contributed by atoms with Gasteiger partial charge in [0.2, 0.25) is 0 Å². The Morgan fingerprint density at radius 1 is 0.800 bits per heavy atom. The summed E-state index contributed by atoms with van der Waals surface area (Å²) < 4.78 is 4.61. The van der Waals surface area contributed by atoms with Crippen molar-refractivity contribution in [3.63, 3.8) is 0 Å². The van der Waals surface area contributed by atoms with Gasteiger partial charge in [0.05, 0.1) is 6.61 Å². The maximum atomic E-state index is 9.83. The van der Waals surface area contributed by atoms with E-state index in [4.69, 9.17) is 11.6 Å². The number of rotatable bonds is 12. The van der Waals surface area contributed by atoms with E-state index in [-0.39, 0.29) is 0 Å². The first-order valence-electron chi connectivity index (χ1n) is 6.03. The van der Waals surface area contributed by atoms with Crippen molar-refractivity contribution in [3.05, 3.63) is 0 Å². The van der Waals surface area contributed by atoms with E-state index in [0.29, 0.717) is 13.1 Å². The molecule has 0 spiro atoms. The van der Waals surface area contributed by atoms with Gasteiger partial charge in [0.25, 0.3) is 6.47 Å². The number of ether oxygens (including phenoxy) is 1. The van der Waals surface area contributed by atoms with Gasteiger partial charge in [-0.3, -0.25) is 4.79 Å². The first-order chi connectivity index (χ1) is 7.41. The summed E-state index contributed by atoms with van der Waals surface area (Å²) in [6.07, 6.45) is 11.2. The Balaban J connectivity index is 2.83. The van der Waals surface area contributed by atoms with E-state index in [2.05, 4.69) is 4.74 Å². The molecule has 0 amide bonds. The molecule has 90 valence electrons. The average Bonchev–Trinajstić information content (AvgIpc) is 2.26. The summed E-state index contributed by atoms with van der Waals surface area (Å²) in [6.45, 7) is 1.11. The van der Waals surface area contributed by atoms with Crippen LogP contribution in [-0.4, -0.2) is 19.0 Å². The first kappa shape index (κ1) is 14.8. The zero-order valence-corrected chi connectivity index (χ0v) is 10.3. The van der Waals surface area contributed by atoms with Crippen LogP contribution >= 0.6 is 11.6 Å². The van der Waals surface area contributed by atoms with E-state index >= 15 is 0 Å². The van der Waals surface area contributed by atoms with Gasteiger partial charge in [-0.25, -0.2) is 0 Å². The fourth-order valence-electron chi connectivity index (χ4n) is 1.57. The maximum Gasteiger partial charge on any atom is 0.293 e. The largest absolute Gasteiger partial charge is 0.468 e. The standard InChI is InChI=1S/C12H23ClO2/c13-10-8-6-4-2-1-3-5-7-9-11-15-12-14/h12H,1-11H2. The lowest BCUT2D eigenvalue weighted by molar-refractivity contribution is -0.128. The van der Waals surface area contributed by atoms with Gasteiger partial charge in [-0.15, -0.1) is 11.6 Å². The summed E-state index contributed by atoms with van der Waals surface area (Å²) >= 11 is 5.59. The minimum absolute atomic E-state index is 0.525. The molecule has 0 rings (SSSR count). The number of unbranched alkanes of at least 4 members (excludes halogenated alkanes) is 8. The molecule has 0 atom stereocenters. The lowest BCUT2D eigenvalue weighted by Crippen LogP contribution is -1.91. The molecule has 3 heteroatoms. The highest BCUT2D eigenvalue weighted by atomic mass is 35.5. The molecule has 0 unspecified atom stereocenters. The molecule has 0 saturated carbocycles. The van der Waals surface area contributed by atoms with Crippen molar-refractivity contribution >= 4 is 18.1 Å². The van der Waals surface area contributed by atoms with Crippen molar-refractivity contribution in [3.8, 4) is 0 Å². The van der Waals surface area contributed by atoms with Crippen molar-refractivity contribution in [2.75, 3.05) is 12.5 Å². The second kappa shape index (κ2) is 13.8. The highest BCUT2D eigenvalue weighted by Gasteiger charge is 1.92. The van der Waals surface area contributed by atoms with Crippen molar-refractivity contribution in [2.45, 2.75) is 57.8 Å². The van der Waals surface area contributed by atoms with E-state index in [0.717, 1.165) is 18.7 Å². The lowest BCUT2D eigenvalue weighted by atomic mass is 10.1. The molecule has 0 aromatic carbocycles. The third-order valence-corrected chi connectivity index (χ3v) is 2.73. The summed E-state index contributed by atoms with van der Waals surface area (Å²) in [5, 5.41) is 0. The van der Waals surface area contributed by atoms with Gasteiger partial charge in [0.1, 0.15) is 0 Å². The fraction of sp³-hybridized carbons (Fsp3) is 0.917. The predicted octanol–water partition coefficient (Wildman–Crippen LogP) is 3.91. The van der Waals surface area contributed by atoms with Gasteiger partial charge in [0, 0.05) is 5.88 Å². The molecule has 15 heavy (non-hydrogen) atoms. The second-order valence-electron chi connectivity index (χ2n) is 3.84. The number of alkyl halides is 1. The van der Waals surface area contributed by atoms with Gasteiger partial charge >= 0.3 is 0 Å². The molecule has 0 saturated heterocycles. The molecule has 0 N–H and O–H groups in total. The highest BCUT2D eigenvalue weighted by Crippen LogP contribution is 2.09. The van der Waals surface area contributed by atoms with Gasteiger partial charge in [-0.1, -0.05) is 44.9 Å². The summed E-state index contributed by atoms with van der Waals surface area (Å²) in [5.41, 5.74) is 0. The van der Waals surface area contributed by atoms with Crippen LogP contribution in [-0.2, 0) is 9.53 Å². The van der Waals surface area contributed by atoms with E-state index in [1.165, 1.54) is 44.9 Å². The minimum Gasteiger partial charge on any atom is -0.468 e. The molecule has 0 heterocycles. The summed E-state index contributed by atoms with van der Waals surface area (Å²) in [7, 11) is 0. The van der Waals surface area contributed by atoms with Crippen molar-refractivity contribution in [1.82, 2.24) is 0 Å². The average molecular weight is 235 g/mol. The Bertz CT molecular complexity index is 129. The Labute approximate surface area is 98.3 Å². The van der Waals surface area contributed by atoms with Crippen LogP contribution < -0.4 is 0 Å². The highest BCUT2D eigenvalue weighted by molar-refractivity contribution is 6.17. The first-order valence-corrected chi connectivity index (χ1v) is 6.56. The van der Waals surface area contributed by atoms with Gasteiger partial charge in [0.15, 0.2) is 0 Å². The monoisotopic (exact) mass is 234 g/mol. The van der Waals surface area contributed by atoms with Crippen LogP contribution in [0.2, 0.25) is 0 Å². The summed E-state index contributed by atoms with van der Waals surface area (Å²) in [4.78, 5) is 9.83. The number of hydrogen-bond acceptors (Lipinski definition) is 2. The third-order valence-electron chi connectivity index (χ3n) is 2.46. The molecule has 0 aliphatic heterocycles. The van der Waals surface area contributed by atoms with Gasteiger partial charge < -0.3 is 4.74 Å². The topological polar surface area (TPSA) is 26.3 Å². The van der Waals surface area contributed by atoms with Crippen molar-refractivity contribution < 1.29 is 9.53 Å². The van der Waals surface area contributed by atoms with Gasteiger partial charge in [-0.05, 0) is 12.8 Å². The fourth-order valence-corrected chi connectivity index (χ4v) is 1.75. The zero-order chi connectivity index (χ0) is 11.2. The van der Waals surface area contributed by atoms with Crippen LogP contribution in [0, 0.1) is 0 Å². The SMILES string of the molecule is O=COCCCCCCCCCCCCl. The molecule has 2 nitrogen and oxygen atoms in total. The number of halogens is 1. The quantitative estimate of drug-likeness (QED) is 0.291. The molecule has 0 radical (unpaired) electrons. The van der Waals surface area contributed by atoms with Crippen LogP contribution in [0.15, 0.2) is 0 Å². The van der Waals surface area contributed by atoms with Crippen molar-refractivity contribution in [1.29, 1.82) is 0 Å². The Kier molecular flexibility index (Phi) is 13.5. The second-order valence-corrected chi connectivity index (χ2v) is 4.22. The third kappa shape index (κ3) is 13.8. The summed E-state index contributed by atoms with van der Waals surface area (Å²) in [6, 6.07) is 0. The van der Waals surface area contributed by atoms with Crippen LogP contribution in [0.4, 0.5) is 0 Å². The number of carbonyl (C=O) groups excluding carboxylic acids is 1. The molecule has 0 fully saturated rings. The predicted molar refractivity (Wildman–Crippen MR) is 64.3 cm³/mol. The zero-order valence-electron chi connectivity index (χ0n) is 9.55. The molecule has 0 aliphatic carbocycles. The van der Waals surface area contributed by atoms with E-state index < -0.39 is 0 Å². The summed E-state index contributed by atoms with van der Waals surface area (Å²) in [5.74, 6) is 0.802. The van der Waals surface area contributed by atoms with E-state index in [1.807, 2.05) is 0 Å². The van der Waals surface area contributed by atoms with Crippen LogP contribution in [0.1, 0.15) is 57.8 Å². The van der Waals surface area contributed by atoms with Crippen LogP contribution in [0.5, 0.6) is 0 Å². The van der Waals surface area contributed by atoms with Crippen molar-refractivity contribution in [2.24, 2.45) is 0 Å².